The largest absolute Gasteiger partial charge is 0.442 e. The van der Waals surface area contributed by atoms with Gasteiger partial charge in [0.1, 0.15) is 12.2 Å². The summed E-state index contributed by atoms with van der Waals surface area (Å²) in [5.74, 6) is 1.40. The van der Waals surface area contributed by atoms with Crippen LogP contribution < -0.4 is 0 Å². The van der Waals surface area contributed by atoms with E-state index < -0.39 is 6.10 Å². The second kappa shape index (κ2) is 7.29. The van der Waals surface area contributed by atoms with Crippen molar-refractivity contribution in [2.45, 2.75) is 43.7 Å². The summed E-state index contributed by atoms with van der Waals surface area (Å²) in [7, 11) is 0. The monoisotopic (exact) mass is 481 g/mol. The second-order valence-electron chi connectivity index (χ2n) is 10.0. The number of aromatic nitrogens is 3. The molecule has 0 radical (unpaired) electrons. The quantitative estimate of drug-likeness (QED) is 0.614. The van der Waals surface area contributed by atoms with Crippen LogP contribution in [-0.2, 0) is 4.79 Å². The number of pyridine rings is 1. The molecule has 7 rings (SSSR count). The van der Waals surface area contributed by atoms with Crippen LogP contribution in [0.5, 0.6) is 0 Å². The van der Waals surface area contributed by atoms with Gasteiger partial charge in [-0.2, -0.15) is 5.10 Å². The van der Waals surface area contributed by atoms with Gasteiger partial charge in [-0.1, -0.05) is 11.6 Å². The minimum Gasteiger partial charge on any atom is -0.442 e. The number of carbonyl (C=O) groups is 2. The number of amides is 2. The summed E-state index contributed by atoms with van der Waals surface area (Å²) in [5, 5.41) is 15.3. The van der Waals surface area contributed by atoms with Gasteiger partial charge in [0, 0.05) is 13.1 Å². The summed E-state index contributed by atoms with van der Waals surface area (Å²) in [6.45, 7) is 0.755. The van der Waals surface area contributed by atoms with Crippen LogP contribution in [0.15, 0.2) is 29.1 Å². The Balaban J connectivity index is 1.18. The summed E-state index contributed by atoms with van der Waals surface area (Å²) in [5.41, 5.74) is 2.59. The van der Waals surface area contributed by atoms with Crippen LogP contribution in [0, 0.1) is 11.8 Å². The van der Waals surface area contributed by atoms with E-state index in [9.17, 15) is 14.7 Å². The number of halogens is 1. The fourth-order valence-corrected chi connectivity index (χ4v) is 6.07. The SMILES string of the molecule is O=C(c1nn2c(-c3cnco3)cc(C3CC3)cc2c1Cl)N1CCN([C@H]2C[C@@H]3C[C@@H]3[C@@H]2O)C(=O)C1. The lowest BCUT2D eigenvalue weighted by Gasteiger charge is -2.39. The summed E-state index contributed by atoms with van der Waals surface area (Å²) in [6.07, 6.45) is 6.69. The molecule has 3 aliphatic carbocycles. The minimum atomic E-state index is -0.445. The van der Waals surface area contributed by atoms with Gasteiger partial charge >= 0.3 is 0 Å². The zero-order valence-corrected chi connectivity index (χ0v) is 19.2. The predicted octanol–water partition coefficient (Wildman–Crippen LogP) is 2.57. The molecular weight excluding hydrogens is 458 g/mol. The lowest BCUT2D eigenvalue weighted by atomic mass is 10.1. The van der Waals surface area contributed by atoms with Gasteiger partial charge in [0.15, 0.2) is 17.8 Å². The number of piperazine rings is 1. The summed E-state index contributed by atoms with van der Waals surface area (Å²) >= 11 is 6.70. The first-order valence-corrected chi connectivity index (χ1v) is 12.2. The summed E-state index contributed by atoms with van der Waals surface area (Å²) < 4.78 is 7.15. The molecular formula is C24H24ClN5O4. The first-order chi connectivity index (χ1) is 16.5. The molecule has 10 heteroatoms. The molecule has 3 aromatic rings. The van der Waals surface area contributed by atoms with Gasteiger partial charge in [0.05, 0.1) is 28.9 Å². The Kier molecular flexibility index (Phi) is 4.39. The molecule has 3 saturated carbocycles. The Bertz CT molecular complexity index is 1320. The van der Waals surface area contributed by atoms with Crippen molar-refractivity contribution in [3.8, 4) is 11.5 Å². The maximum absolute atomic E-state index is 13.4. The highest BCUT2D eigenvalue weighted by Crippen LogP contribution is 2.53. The summed E-state index contributed by atoms with van der Waals surface area (Å²) in [6, 6.07) is 3.87. The van der Waals surface area contributed by atoms with E-state index in [0.717, 1.165) is 31.2 Å². The van der Waals surface area contributed by atoms with E-state index in [4.69, 9.17) is 16.0 Å². The van der Waals surface area contributed by atoms with Crippen LogP contribution in [-0.4, -0.2) is 73.1 Å². The number of hydrogen-bond acceptors (Lipinski definition) is 6. The Morgan fingerprint density at radius 2 is 2.06 bits per heavy atom. The van der Waals surface area contributed by atoms with Crippen LogP contribution >= 0.6 is 11.6 Å². The molecule has 3 aromatic heterocycles. The van der Waals surface area contributed by atoms with Gasteiger partial charge in [-0.15, -0.1) is 0 Å². The van der Waals surface area contributed by atoms with Gasteiger partial charge in [-0.25, -0.2) is 9.50 Å². The summed E-state index contributed by atoms with van der Waals surface area (Å²) in [4.78, 5) is 33.6. The van der Waals surface area contributed by atoms with Crippen molar-refractivity contribution in [1.82, 2.24) is 24.4 Å². The van der Waals surface area contributed by atoms with Crippen LogP contribution in [0.3, 0.4) is 0 Å². The number of rotatable bonds is 4. The molecule has 4 atom stereocenters. The molecule has 4 heterocycles. The molecule has 0 unspecified atom stereocenters. The standard InChI is InChI=1S/C24H24ClN5O4/c25-21-17-7-13(12-1-2-12)6-16(19-9-26-11-34-19)30(17)27-22(21)24(33)28-3-4-29(20(31)10-28)18-8-14-5-15(14)23(18)32/h6-7,9,11-12,14-15,18,23,32H,1-5,8,10H2/t14-,15-,18-,23-/m0/s1. The van der Waals surface area contributed by atoms with Gasteiger partial charge in [0.25, 0.3) is 5.91 Å². The Hall–Kier alpha value is -2.91. The maximum atomic E-state index is 13.4. The van der Waals surface area contributed by atoms with Crippen molar-refractivity contribution in [2.24, 2.45) is 11.8 Å². The van der Waals surface area contributed by atoms with Crippen molar-refractivity contribution >= 4 is 28.9 Å². The third-order valence-corrected chi connectivity index (χ3v) is 8.30. The van der Waals surface area contributed by atoms with E-state index in [1.807, 2.05) is 12.1 Å². The van der Waals surface area contributed by atoms with Gasteiger partial charge < -0.3 is 19.3 Å². The number of fused-ring (bicyclic) bond motifs is 2. The fourth-order valence-electron chi connectivity index (χ4n) is 5.81. The zero-order valence-electron chi connectivity index (χ0n) is 18.4. The Morgan fingerprint density at radius 1 is 1.21 bits per heavy atom. The highest BCUT2D eigenvalue weighted by Gasteiger charge is 2.55. The van der Waals surface area contributed by atoms with Gasteiger partial charge in [-0.3, -0.25) is 9.59 Å². The van der Waals surface area contributed by atoms with Crippen molar-refractivity contribution in [3.05, 3.63) is 41.0 Å². The molecule has 4 aliphatic rings. The molecule has 1 aliphatic heterocycles. The van der Waals surface area contributed by atoms with E-state index in [2.05, 4.69) is 10.1 Å². The van der Waals surface area contributed by atoms with E-state index in [1.165, 1.54) is 11.3 Å². The third-order valence-electron chi connectivity index (χ3n) is 7.93. The molecule has 1 N–H and O–H groups in total. The molecule has 0 aromatic carbocycles. The van der Waals surface area contributed by atoms with Crippen LogP contribution in [0.25, 0.3) is 17.0 Å². The van der Waals surface area contributed by atoms with Gasteiger partial charge in [0.2, 0.25) is 5.91 Å². The highest BCUT2D eigenvalue weighted by atomic mass is 35.5. The van der Waals surface area contributed by atoms with Crippen LogP contribution in [0.1, 0.15) is 47.7 Å². The molecule has 34 heavy (non-hydrogen) atoms. The number of hydrogen-bond donors (Lipinski definition) is 1. The average Bonchev–Trinajstić information content (AvgIpc) is 3.71. The fraction of sp³-hybridized carbons (Fsp3) is 0.500. The molecule has 2 amide bonds. The lowest BCUT2D eigenvalue weighted by Crippen LogP contribution is -2.57. The van der Waals surface area contributed by atoms with Crippen molar-refractivity contribution in [2.75, 3.05) is 19.6 Å². The number of carbonyl (C=O) groups excluding carboxylic acids is 2. The molecule has 4 fully saturated rings. The Morgan fingerprint density at radius 3 is 2.74 bits per heavy atom. The predicted molar refractivity (Wildman–Crippen MR) is 121 cm³/mol. The number of aliphatic hydroxyl groups is 1. The molecule has 1 saturated heterocycles. The highest BCUT2D eigenvalue weighted by molar-refractivity contribution is 6.37. The lowest BCUT2D eigenvalue weighted by molar-refractivity contribution is -0.140. The van der Waals surface area contributed by atoms with E-state index in [0.29, 0.717) is 47.8 Å². The topological polar surface area (TPSA) is 104 Å². The number of aliphatic hydroxyl groups excluding tert-OH is 1. The Labute approximate surface area is 200 Å². The van der Waals surface area contributed by atoms with E-state index >= 15 is 0 Å². The normalized spacial score (nSPS) is 28.6. The first-order valence-electron chi connectivity index (χ1n) is 11.9. The number of nitrogens with zero attached hydrogens (tertiary/aromatic N) is 5. The first kappa shape index (κ1) is 20.5. The van der Waals surface area contributed by atoms with E-state index in [-0.39, 0.29) is 35.1 Å². The van der Waals surface area contributed by atoms with Crippen LogP contribution in [0.4, 0.5) is 0 Å². The van der Waals surface area contributed by atoms with E-state index in [1.54, 1.807) is 15.6 Å². The zero-order chi connectivity index (χ0) is 23.1. The third kappa shape index (κ3) is 3.10. The molecule has 9 nitrogen and oxygen atoms in total. The smallest absolute Gasteiger partial charge is 0.276 e. The minimum absolute atomic E-state index is 0.0378. The molecule has 0 bridgehead atoms. The molecule has 176 valence electrons. The van der Waals surface area contributed by atoms with Crippen molar-refractivity contribution in [3.63, 3.8) is 0 Å². The van der Waals surface area contributed by atoms with Crippen molar-refractivity contribution < 1.29 is 19.1 Å². The number of oxazole rings is 1. The second-order valence-corrected chi connectivity index (χ2v) is 10.4. The molecule has 0 spiro atoms. The maximum Gasteiger partial charge on any atom is 0.276 e. The van der Waals surface area contributed by atoms with Crippen LogP contribution in [0.2, 0.25) is 5.02 Å². The average molecular weight is 482 g/mol. The van der Waals surface area contributed by atoms with Gasteiger partial charge in [-0.05, 0) is 61.1 Å². The van der Waals surface area contributed by atoms with Crippen molar-refractivity contribution in [1.29, 1.82) is 0 Å².